The number of nitrogens with zero attached hydrogens (tertiary/aromatic N) is 1. The van der Waals surface area contributed by atoms with Crippen LogP contribution in [0.1, 0.15) is 20.8 Å². The Kier molecular flexibility index (Phi) is 6.10. The molecule has 16 heavy (non-hydrogen) atoms. The summed E-state index contributed by atoms with van der Waals surface area (Å²) in [5.74, 6) is -0.176. The average Bonchev–Trinajstić information content (AvgIpc) is 2.29. The van der Waals surface area contributed by atoms with E-state index in [1.165, 1.54) is 5.41 Å². The van der Waals surface area contributed by atoms with Crippen molar-refractivity contribution in [1.82, 2.24) is 4.90 Å². The van der Waals surface area contributed by atoms with Crippen LogP contribution in [0.25, 0.3) is 0 Å². The fraction of sp³-hybridized carbons (Fsp3) is 0.417. The van der Waals surface area contributed by atoms with Gasteiger partial charge in [0.1, 0.15) is 0 Å². The minimum absolute atomic E-state index is 0. The SMILES string of the molecule is CC(C)(C)N1C=CC=CC(/C=C\[S-])C1=O.[Li+]. The molecule has 1 rings (SSSR count). The Morgan fingerprint density at radius 2 is 2.00 bits per heavy atom. The van der Waals surface area contributed by atoms with Crippen LogP contribution in [-0.2, 0) is 17.4 Å². The van der Waals surface area contributed by atoms with Crippen LogP contribution in [0.3, 0.4) is 0 Å². The normalized spacial score (nSPS) is 21.1. The van der Waals surface area contributed by atoms with E-state index in [-0.39, 0.29) is 36.2 Å². The Morgan fingerprint density at radius 3 is 2.50 bits per heavy atom. The number of carbonyl (C=O) groups excluding carboxylic acids is 1. The molecule has 0 radical (unpaired) electrons. The average molecular weight is 229 g/mol. The fourth-order valence-corrected chi connectivity index (χ4v) is 1.59. The van der Waals surface area contributed by atoms with Gasteiger partial charge in [-0.05, 0) is 26.8 Å². The summed E-state index contributed by atoms with van der Waals surface area (Å²) in [6.45, 7) is 6.03. The molecule has 0 aromatic heterocycles. The molecule has 1 atom stereocenters. The van der Waals surface area contributed by atoms with Gasteiger partial charge < -0.3 is 17.5 Å². The summed E-state index contributed by atoms with van der Waals surface area (Å²) in [6.07, 6.45) is 9.16. The number of carbonyl (C=O) groups is 1. The van der Waals surface area contributed by atoms with E-state index in [0.29, 0.717) is 0 Å². The Hall–Kier alpha value is -0.493. The van der Waals surface area contributed by atoms with Crippen molar-refractivity contribution < 1.29 is 23.7 Å². The second-order valence-corrected chi connectivity index (χ2v) is 4.73. The van der Waals surface area contributed by atoms with Gasteiger partial charge in [-0.3, -0.25) is 4.79 Å². The van der Waals surface area contributed by atoms with Crippen LogP contribution >= 0.6 is 0 Å². The summed E-state index contributed by atoms with van der Waals surface area (Å²) in [5.41, 5.74) is -0.201. The van der Waals surface area contributed by atoms with E-state index in [2.05, 4.69) is 0 Å². The number of amides is 1. The van der Waals surface area contributed by atoms with Crippen molar-refractivity contribution in [3.05, 3.63) is 35.9 Å². The largest absolute Gasteiger partial charge is 1.00 e. The number of hydrogen-bond acceptors (Lipinski definition) is 2. The zero-order valence-electron chi connectivity index (χ0n) is 10.3. The fourth-order valence-electron chi connectivity index (χ4n) is 1.42. The summed E-state index contributed by atoms with van der Waals surface area (Å²) >= 11 is 4.76. The Bertz CT molecular complexity index is 328. The van der Waals surface area contributed by atoms with Gasteiger partial charge in [-0.1, -0.05) is 18.2 Å². The first-order chi connectivity index (χ1) is 6.96. The van der Waals surface area contributed by atoms with Crippen molar-refractivity contribution in [1.29, 1.82) is 0 Å². The molecular weight excluding hydrogens is 213 g/mol. The minimum atomic E-state index is -0.239. The molecule has 0 aromatic rings. The van der Waals surface area contributed by atoms with E-state index in [1.54, 1.807) is 11.0 Å². The van der Waals surface area contributed by atoms with Crippen LogP contribution in [0.4, 0.5) is 0 Å². The molecule has 0 N–H and O–H groups in total. The second kappa shape index (κ2) is 6.29. The molecule has 2 nitrogen and oxygen atoms in total. The Balaban J connectivity index is 0.00000225. The molecule has 82 valence electrons. The van der Waals surface area contributed by atoms with Crippen LogP contribution < -0.4 is 18.9 Å². The summed E-state index contributed by atoms with van der Waals surface area (Å²) in [7, 11) is 0. The third kappa shape index (κ3) is 3.82. The molecule has 1 heterocycles. The van der Waals surface area contributed by atoms with Crippen LogP contribution in [0.15, 0.2) is 35.9 Å². The third-order valence-electron chi connectivity index (χ3n) is 2.20. The van der Waals surface area contributed by atoms with Crippen LogP contribution in [-0.4, -0.2) is 16.3 Å². The Morgan fingerprint density at radius 1 is 1.38 bits per heavy atom. The molecular formula is C12H16LiNOS. The third-order valence-corrected chi connectivity index (χ3v) is 2.35. The van der Waals surface area contributed by atoms with Gasteiger partial charge in [-0.25, -0.2) is 5.41 Å². The molecule has 1 aliphatic heterocycles. The van der Waals surface area contributed by atoms with Gasteiger partial charge >= 0.3 is 18.9 Å². The van der Waals surface area contributed by atoms with Gasteiger partial charge in [0.2, 0.25) is 5.91 Å². The van der Waals surface area contributed by atoms with Crippen LogP contribution in [0.2, 0.25) is 0 Å². The van der Waals surface area contributed by atoms with Gasteiger partial charge in [0.15, 0.2) is 0 Å². The van der Waals surface area contributed by atoms with Gasteiger partial charge in [0, 0.05) is 11.7 Å². The number of hydrogen-bond donors (Lipinski definition) is 0. The van der Waals surface area contributed by atoms with E-state index in [0.717, 1.165) is 0 Å². The number of allylic oxidation sites excluding steroid dienone is 2. The van der Waals surface area contributed by atoms with Gasteiger partial charge in [0.25, 0.3) is 0 Å². The maximum absolute atomic E-state index is 12.1. The second-order valence-electron chi connectivity index (χ2n) is 4.46. The van der Waals surface area contributed by atoms with Crippen molar-refractivity contribution in [3.8, 4) is 0 Å². The molecule has 0 aliphatic carbocycles. The summed E-state index contributed by atoms with van der Waals surface area (Å²) in [4.78, 5) is 13.9. The quantitative estimate of drug-likeness (QED) is 0.441. The van der Waals surface area contributed by atoms with Crippen molar-refractivity contribution >= 4 is 18.5 Å². The van der Waals surface area contributed by atoms with E-state index in [9.17, 15) is 4.79 Å². The van der Waals surface area contributed by atoms with Crippen molar-refractivity contribution in [2.45, 2.75) is 26.3 Å². The van der Waals surface area contributed by atoms with Crippen molar-refractivity contribution in [3.63, 3.8) is 0 Å². The zero-order chi connectivity index (χ0) is 11.5. The molecule has 0 saturated heterocycles. The summed E-state index contributed by atoms with van der Waals surface area (Å²) in [6, 6.07) is 0. The summed E-state index contributed by atoms with van der Waals surface area (Å²) < 4.78 is 0. The first kappa shape index (κ1) is 15.5. The summed E-state index contributed by atoms with van der Waals surface area (Å²) in [5, 5.41) is 1.50. The number of rotatable bonds is 1. The molecule has 0 fully saturated rings. The zero-order valence-corrected chi connectivity index (χ0v) is 11.1. The smallest absolute Gasteiger partial charge is 0.788 e. The molecule has 0 spiro atoms. The van der Waals surface area contributed by atoms with E-state index in [4.69, 9.17) is 12.6 Å². The molecule has 1 aliphatic rings. The molecule has 0 aromatic carbocycles. The molecule has 1 amide bonds. The van der Waals surface area contributed by atoms with Crippen LogP contribution in [0, 0.1) is 5.92 Å². The van der Waals surface area contributed by atoms with E-state index >= 15 is 0 Å². The maximum Gasteiger partial charge on any atom is 1.00 e. The van der Waals surface area contributed by atoms with Crippen LogP contribution in [0.5, 0.6) is 0 Å². The van der Waals surface area contributed by atoms with Crippen molar-refractivity contribution in [2.75, 3.05) is 0 Å². The monoisotopic (exact) mass is 229 g/mol. The van der Waals surface area contributed by atoms with Gasteiger partial charge in [-0.15, -0.1) is 0 Å². The van der Waals surface area contributed by atoms with E-state index < -0.39 is 0 Å². The van der Waals surface area contributed by atoms with E-state index in [1.807, 2.05) is 45.2 Å². The van der Waals surface area contributed by atoms with Gasteiger partial charge in [0.05, 0.1) is 5.92 Å². The molecule has 0 saturated carbocycles. The van der Waals surface area contributed by atoms with Crippen molar-refractivity contribution in [2.24, 2.45) is 5.92 Å². The standard InChI is InChI=1S/C12H17NOS.Li/c1-12(2,3)13-8-5-4-6-10(7-9-15)11(13)14;/h4-10,15H,1-3H3;/q;+1/p-1/b9-7-;. The predicted molar refractivity (Wildman–Crippen MR) is 64.9 cm³/mol. The maximum atomic E-state index is 12.1. The molecule has 1 unspecified atom stereocenters. The first-order valence-corrected chi connectivity index (χ1v) is 5.41. The minimum Gasteiger partial charge on any atom is -0.788 e. The van der Waals surface area contributed by atoms with Gasteiger partial charge in [-0.2, -0.15) is 0 Å². The Labute approximate surface area is 115 Å². The molecule has 0 bridgehead atoms. The molecule has 4 heteroatoms. The topological polar surface area (TPSA) is 20.3 Å². The predicted octanol–water partition coefficient (Wildman–Crippen LogP) is -0.622. The first-order valence-electron chi connectivity index (χ1n) is 4.93.